The molecular weight excluding hydrogens is 334 g/mol. The summed E-state index contributed by atoms with van der Waals surface area (Å²) in [6.07, 6.45) is 3.10. The normalized spacial score (nSPS) is 23.8. The molecule has 1 aromatic carbocycles. The highest BCUT2D eigenvalue weighted by Gasteiger charge is 2.43. The topological polar surface area (TPSA) is 84.9 Å². The Labute approximate surface area is 154 Å². The van der Waals surface area contributed by atoms with Crippen LogP contribution in [0.25, 0.3) is 0 Å². The van der Waals surface area contributed by atoms with Gasteiger partial charge >= 0.3 is 5.97 Å². The number of carbonyl (C=O) groups is 2. The molecule has 144 valence electrons. The van der Waals surface area contributed by atoms with E-state index >= 15 is 0 Å². The molecule has 0 aromatic heterocycles. The molecule has 1 atom stereocenters. The highest BCUT2D eigenvalue weighted by molar-refractivity contribution is 5.88. The van der Waals surface area contributed by atoms with Gasteiger partial charge in [-0.3, -0.25) is 4.79 Å². The fourth-order valence-corrected chi connectivity index (χ4v) is 3.46. The van der Waals surface area contributed by atoms with Gasteiger partial charge in [0.2, 0.25) is 5.91 Å². The van der Waals surface area contributed by atoms with Crippen LogP contribution in [0.15, 0.2) is 18.2 Å². The van der Waals surface area contributed by atoms with Crippen LogP contribution >= 0.6 is 0 Å². The molecule has 26 heavy (non-hydrogen) atoms. The number of carbonyl (C=O) groups excluding carboxylic acids is 1. The monoisotopic (exact) mass is 363 g/mol. The summed E-state index contributed by atoms with van der Waals surface area (Å²) in [5, 5.41) is 12.5. The van der Waals surface area contributed by atoms with Gasteiger partial charge < -0.3 is 19.9 Å². The lowest BCUT2D eigenvalue weighted by molar-refractivity contribution is -0.150. The third-order valence-electron chi connectivity index (χ3n) is 5.34. The lowest BCUT2D eigenvalue weighted by Crippen LogP contribution is -2.57. The van der Waals surface area contributed by atoms with Gasteiger partial charge in [-0.25, -0.2) is 4.79 Å². The molecule has 0 spiro atoms. The van der Waals surface area contributed by atoms with E-state index < -0.39 is 11.5 Å². The van der Waals surface area contributed by atoms with Gasteiger partial charge in [-0.2, -0.15) is 0 Å². The van der Waals surface area contributed by atoms with E-state index in [-0.39, 0.29) is 11.8 Å². The predicted octanol–water partition coefficient (Wildman–Crippen LogP) is 3.03. The SMILES string of the molecule is COc1ccc(CC(C)C(=O)NC2(C(=O)O)CCC(C)CC2)cc1OC. The van der Waals surface area contributed by atoms with Crippen molar-refractivity contribution in [3.05, 3.63) is 23.8 Å². The molecule has 2 rings (SSSR count). The molecule has 1 unspecified atom stereocenters. The van der Waals surface area contributed by atoms with Crippen molar-refractivity contribution in [2.75, 3.05) is 14.2 Å². The molecule has 0 aliphatic heterocycles. The van der Waals surface area contributed by atoms with Gasteiger partial charge in [0, 0.05) is 5.92 Å². The summed E-state index contributed by atoms with van der Waals surface area (Å²) in [6, 6.07) is 5.54. The molecule has 1 saturated carbocycles. The maximum Gasteiger partial charge on any atom is 0.329 e. The quantitative estimate of drug-likeness (QED) is 0.778. The van der Waals surface area contributed by atoms with Crippen molar-refractivity contribution in [2.45, 2.75) is 51.5 Å². The first-order chi connectivity index (χ1) is 12.3. The lowest BCUT2D eigenvalue weighted by atomic mass is 9.77. The minimum atomic E-state index is -1.13. The van der Waals surface area contributed by atoms with E-state index in [4.69, 9.17) is 9.47 Å². The molecule has 0 radical (unpaired) electrons. The van der Waals surface area contributed by atoms with Gasteiger partial charge in [-0.05, 0) is 55.7 Å². The molecule has 1 fully saturated rings. The molecule has 2 N–H and O–H groups in total. The summed E-state index contributed by atoms with van der Waals surface area (Å²) in [6.45, 7) is 3.93. The van der Waals surface area contributed by atoms with Crippen molar-refractivity contribution < 1.29 is 24.2 Å². The summed E-state index contributed by atoms with van der Waals surface area (Å²) in [7, 11) is 3.14. The Morgan fingerprint density at radius 2 is 1.85 bits per heavy atom. The molecule has 6 heteroatoms. The second-order valence-electron chi connectivity index (χ2n) is 7.35. The number of nitrogens with one attached hydrogen (secondary N) is 1. The Balaban J connectivity index is 2.06. The summed E-state index contributed by atoms with van der Waals surface area (Å²) < 4.78 is 10.5. The summed E-state index contributed by atoms with van der Waals surface area (Å²) in [5.74, 6) is 0.246. The van der Waals surface area contributed by atoms with Crippen molar-refractivity contribution >= 4 is 11.9 Å². The maximum absolute atomic E-state index is 12.7. The van der Waals surface area contributed by atoms with Crippen molar-refractivity contribution in [1.29, 1.82) is 0 Å². The van der Waals surface area contributed by atoms with Crippen LogP contribution in [0.4, 0.5) is 0 Å². The molecule has 6 nitrogen and oxygen atoms in total. The van der Waals surface area contributed by atoms with Crippen molar-refractivity contribution in [2.24, 2.45) is 11.8 Å². The van der Waals surface area contributed by atoms with Crippen molar-refractivity contribution in [3.63, 3.8) is 0 Å². The van der Waals surface area contributed by atoms with Gasteiger partial charge in [0.25, 0.3) is 0 Å². The third-order valence-corrected chi connectivity index (χ3v) is 5.34. The van der Waals surface area contributed by atoms with Gasteiger partial charge in [0.1, 0.15) is 5.54 Å². The number of hydrogen-bond acceptors (Lipinski definition) is 4. The molecule has 0 heterocycles. The molecule has 1 aromatic rings. The zero-order valence-corrected chi connectivity index (χ0v) is 16.0. The Bertz CT molecular complexity index is 650. The van der Waals surface area contributed by atoms with Crippen LogP contribution in [0, 0.1) is 11.8 Å². The number of carboxylic acids is 1. The van der Waals surface area contributed by atoms with Gasteiger partial charge in [-0.1, -0.05) is 19.9 Å². The fourth-order valence-electron chi connectivity index (χ4n) is 3.46. The van der Waals surface area contributed by atoms with E-state index in [1.54, 1.807) is 20.3 Å². The zero-order chi connectivity index (χ0) is 19.3. The minimum Gasteiger partial charge on any atom is -0.493 e. The molecule has 1 aliphatic carbocycles. The zero-order valence-electron chi connectivity index (χ0n) is 16.0. The van der Waals surface area contributed by atoms with E-state index in [9.17, 15) is 14.7 Å². The lowest BCUT2D eigenvalue weighted by Gasteiger charge is -2.37. The first kappa shape index (κ1) is 20.1. The molecular formula is C20H29NO5. The highest BCUT2D eigenvalue weighted by Crippen LogP contribution is 2.33. The minimum absolute atomic E-state index is 0.225. The number of rotatable bonds is 7. The average Bonchev–Trinajstić information content (AvgIpc) is 2.63. The molecule has 1 amide bonds. The number of amides is 1. The smallest absolute Gasteiger partial charge is 0.329 e. The van der Waals surface area contributed by atoms with E-state index in [1.165, 1.54) is 0 Å². The predicted molar refractivity (Wildman–Crippen MR) is 98.6 cm³/mol. The Hall–Kier alpha value is -2.24. The third kappa shape index (κ3) is 4.48. The molecule has 0 bridgehead atoms. The number of carboxylic acid groups (broad SMARTS) is 1. The van der Waals surface area contributed by atoms with Crippen LogP contribution in [0.3, 0.4) is 0 Å². The fraction of sp³-hybridized carbons (Fsp3) is 0.600. The van der Waals surface area contributed by atoms with E-state index in [1.807, 2.05) is 19.1 Å². The standard InChI is InChI=1S/C20H29NO5/c1-13-7-9-20(10-8-13,19(23)24)21-18(22)14(2)11-15-5-6-16(25-3)17(12-15)26-4/h5-6,12-14H,7-11H2,1-4H3,(H,21,22)(H,23,24). The number of benzene rings is 1. The second kappa shape index (κ2) is 8.43. The van der Waals surface area contributed by atoms with E-state index in [2.05, 4.69) is 12.2 Å². The second-order valence-corrected chi connectivity index (χ2v) is 7.35. The van der Waals surface area contributed by atoms with E-state index in [0.29, 0.717) is 36.7 Å². The van der Waals surface area contributed by atoms with Crippen LogP contribution in [0.1, 0.15) is 45.1 Å². The Kier molecular flexibility index (Phi) is 6.51. The largest absolute Gasteiger partial charge is 0.493 e. The number of ether oxygens (including phenoxy) is 2. The van der Waals surface area contributed by atoms with Crippen LogP contribution in [-0.2, 0) is 16.0 Å². The van der Waals surface area contributed by atoms with Gasteiger partial charge in [-0.15, -0.1) is 0 Å². The number of aliphatic carboxylic acids is 1. The van der Waals surface area contributed by atoms with Crippen molar-refractivity contribution in [3.8, 4) is 11.5 Å². The first-order valence-corrected chi connectivity index (χ1v) is 9.07. The molecule has 1 aliphatic rings. The van der Waals surface area contributed by atoms with Crippen LogP contribution in [0.2, 0.25) is 0 Å². The first-order valence-electron chi connectivity index (χ1n) is 9.07. The maximum atomic E-state index is 12.7. The van der Waals surface area contributed by atoms with Crippen LogP contribution in [-0.4, -0.2) is 36.7 Å². The van der Waals surface area contributed by atoms with Crippen molar-refractivity contribution in [1.82, 2.24) is 5.32 Å². The van der Waals surface area contributed by atoms with Gasteiger partial charge in [0.15, 0.2) is 11.5 Å². The number of hydrogen-bond donors (Lipinski definition) is 2. The molecule has 0 saturated heterocycles. The van der Waals surface area contributed by atoms with Crippen LogP contribution < -0.4 is 14.8 Å². The number of methoxy groups -OCH3 is 2. The Morgan fingerprint density at radius 3 is 2.38 bits per heavy atom. The highest BCUT2D eigenvalue weighted by atomic mass is 16.5. The summed E-state index contributed by atoms with van der Waals surface area (Å²) in [5.41, 5.74) is -0.193. The summed E-state index contributed by atoms with van der Waals surface area (Å²) in [4.78, 5) is 24.5. The summed E-state index contributed by atoms with van der Waals surface area (Å²) >= 11 is 0. The van der Waals surface area contributed by atoms with Gasteiger partial charge in [0.05, 0.1) is 14.2 Å². The average molecular weight is 363 g/mol. The Morgan fingerprint density at radius 1 is 1.23 bits per heavy atom. The van der Waals surface area contributed by atoms with E-state index in [0.717, 1.165) is 18.4 Å². The van der Waals surface area contributed by atoms with Crippen LogP contribution in [0.5, 0.6) is 11.5 Å².